The number of aromatic nitrogens is 2. The van der Waals surface area contributed by atoms with E-state index in [0.717, 1.165) is 37.7 Å². The Morgan fingerprint density at radius 3 is 2.43 bits per heavy atom. The maximum atomic E-state index is 12.2. The van der Waals surface area contributed by atoms with Gasteiger partial charge >= 0.3 is 5.97 Å². The van der Waals surface area contributed by atoms with Crippen LogP contribution in [0.25, 0.3) is 0 Å². The molecule has 1 saturated carbocycles. The second-order valence-electron chi connectivity index (χ2n) is 9.37. The van der Waals surface area contributed by atoms with Crippen molar-refractivity contribution in [1.82, 2.24) is 10.1 Å². The second kappa shape index (κ2) is 7.97. The number of cyclic esters (lactones) is 1. The topological polar surface area (TPSA) is 82.3 Å². The van der Waals surface area contributed by atoms with E-state index in [1.54, 1.807) is 6.92 Å². The van der Waals surface area contributed by atoms with Crippen molar-refractivity contribution in [1.29, 1.82) is 0 Å². The third-order valence-electron chi connectivity index (χ3n) is 6.85. The zero-order valence-electron chi connectivity index (χ0n) is 18.1. The molecule has 30 heavy (non-hydrogen) atoms. The van der Waals surface area contributed by atoms with Gasteiger partial charge < -0.3 is 9.26 Å². The van der Waals surface area contributed by atoms with E-state index in [9.17, 15) is 9.59 Å². The molecule has 0 N–H and O–H groups in total. The van der Waals surface area contributed by atoms with Crippen molar-refractivity contribution in [3.63, 3.8) is 0 Å². The largest absolute Gasteiger partial charge is 0.458 e. The molecule has 0 amide bonds. The molecule has 0 spiro atoms. The average Bonchev–Trinajstić information content (AvgIpc) is 3.38. The fourth-order valence-electron chi connectivity index (χ4n) is 5.01. The van der Waals surface area contributed by atoms with Gasteiger partial charge in [0.2, 0.25) is 5.89 Å². The van der Waals surface area contributed by atoms with Gasteiger partial charge in [0.1, 0.15) is 17.8 Å². The Morgan fingerprint density at radius 2 is 1.83 bits per heavy atom. The van der Waals surface area contributed by atoms with Crippen molar-refractivity contribution >= 4 is 11.8 Å². The molecule has 1 aromatic heterocycles. The second-order valence-corrected chi connectivity index (χ2v) is 9.37. The van der Waals surface area contributed by atoms with Gasteiger partial charge in [-0.15, -0.1) is 0 Å². The molecule has 1 aromatic carbocycles. The number of rotatable bonds is 6. The molecule has 160 valence electrons. The van der Waals surface area contributed by atoms with Gasteiger partial charge in [0, 0.05) is 13.3 Å². The summed E-state index contributed by atoms with van der Waals surface area (Å²) in [7, 11) is 0. The van der Waals surface area contributed by atoms with Gasteiger partial charge in [-0.3, -0.25) is 9.59 Å². The molecule has 1 unspecified atom stereocenters. The summed E-state index contributed by atoms with van der Waals surface area (Å²) < 4.78 is 11.1. The SMILES string of the molecule is Cc1nc(C(C)(C)c2ccc(CCC3(C4CCCC4)CC(=O)CC(=O)O3)cc2)no1. The third kappa shape index (κ3) is 4.05. The van der Waals surface area contributed by atoms with Gasteiger partial charge in [-0.05, 0) is 56.6 Å². The van der Waals surface area contributed by atoms with Crippen LogP contribution < -0.4 is 0 Å². The first kappa shape index (κ1) is 20.8. The number of ether oxygens (including phenoxy) is 1. The molecule has 1 atom stereocenters. The first-order chi connectivity index (χ1) is 14.3. The van der Waals surface area contributed by atoms with Gasteiger partial charge in [0.15, 0.2) is 5.82 Å². The van der Waals surface area contributed by atoms with E-state index in [4.69, 9.17) is 9.26 Å². The average molecular weight is 411 g/mol. The summed E-state index contributed by atoms with van der Waals surface area (Å²) in [6.07, 6.45) is 6.14. The molecule has 1 aliphatic carbocycles. The van der Waals surface area contributed by atoms with E-state index >= 15 is 0 Å². The predicted molar refractivity (Wildman–Crippen MR) is 111 cm³/mol. The summed E-state index contributed by atoms with van der Waals surface area (Å²) in [5.41, 5.74) is 1.30. The third-order valence-corrected chi connectivity index (χ3v) is 6.85. The lowest BCUT2D eigenvalue weighted by Crippen LogP contribution is -2.48. The van der Waals surface area contributed by atoms with Crippen LogP contribution >= 0.6 is 0 Å². The summed E-state index contributed by atoms with van der Waals surface area (Å²) in [5.74, 6) is 1.19. The lowest BCUT2D eigenvalue weighted by Gasteiger charge is -2.41. The summed E-state index contributed by atoms with van der Waals surface area (Å²) in [4.78, 5) is 28.7. The number of ketones is 1. The Hall–Kier alpha value is -2.50. The van der Waals surface area contributed by atoms with Crippen molar-refractivity contribution in [3.8, 4) is 0 Å². The zero-order valence-corrected chi connectivity index (χ0v) is 18.1. The number of carbonyl (C=O) groups is 2. The first-order valence-corrected chi connectivity index (χ1v) is 10.9. The number of carbonyl (C=O) groups excluding carboxylic acids is 2. The first-order valence-electron chi connectivity index (χ1n) is 10.9. The van der Waals surface area contributed by atoms with Crippen molar-refractivity contribution in [2.45, 2.75) is 83.2 Å². The highest BCUT2D eigenvalue weighted by atomic mass is 16.6. The number of aryl methyl sites for hydroxylation is 2. The molecule has 2 heterocycles. The molecule has 6 nitrogen and oxygen atoms in total. The highest BCUT2D eigenvalue weighted by molar-refractivity contribution is 5.98. The quantitative estimate of drug-likeness (QED) is 0.516. The van der Waals surface area contributed by atoms with E-state index in [-0.39, 0.29) is 23.6 Å². The van der Waals surface area contributed by atoms with Crippen LogP contribution in [0, 0.1) is 12.8 Å². The van der Waals surface area contributed by atoms with Crippen LogP contribution in [0.4, 0.5) is 0 Å². The van der Waals surface area contributed by atoms with E-state index in [1.165, 1.54) is 5.56 Å². The Kier molecular flexibility index (Phi) is 5.51. The van der Waals surface area contributed by atoms with Gasteiger partial charge in [0.05, 0.1) is 5.41 Å². The summed E-state index contributed by atoms with van der Waals surface area (Å²) in [5, 5.41) is 4.08. The molecule has 0 bridgehead atoms. The Labute approximate surface area is 177 Å². The summed E-state index contributed by atoms with van der Waals surface area (Å²) in [6, 6.07) is 8.42. The lowest BCUT2D eigenvalue weighted by molar-refractivity contribution is -0.178. The standard InChI is InChI=1S/C24H30N2O4/c1-16-25-22(26-30-16)23(2,3)18-10-8-17(9-11-18)12-13-24(19-6-4-5-7-19)15-20(27)14-21(28)29-24/h8-11,19H,4-7,12-15H2,1-3H3. The molecular formula is C24H30N2O4. The maximum absolute atomic E-state index is 12.2. The van der Waals surface area contributed by atoms with Gasteiger partial charge in [-0.2, -0.15) is 4.98 Å². The van der Waals surface area contributed by atoms with E-state index in [0.29, 0.717) is 30.5 Å². The Balaban J connectivity index is 1.49. The van der Waals surface area contributed by atoms with Crippen LogP contribution in [0.2, 0.25) is 0 Å². The minimum Gasteiger partial charge on any atom is -0.458 e. The number of hydrogen-bond donors (Lipinski definition) is 0. The lowest BCUT2D eigenvalue weighted by atomic mass is 9.76. The van der Waals surface area contributed by atoms with Crippen molar-refractivity contribution in [2.75, 3.05) is 0 Å². The van der Waals surface area contributed by atoms with Gasteiger partial charge in [-0.1, -0.05) is 42.3 Å². The number of esters is 1. The molecule has 6 heteroatoms. The van der Waals surface area contributed by atoms with Crippen molar-refractivity contribution in [2.24, 2.45) is 5.92 Å². The summed E-state index contributed by atoms with van der Waals surface area (Å²) in [6.45, 7) is 5.95. The van der Waals surface area contributed by atoms with Gasteiger partial charge in [0.25, 0.3) is 0 Å². The highest BCUT2D eigenvalue weighted by Gasteiger charge is 2.47. The molecule has 2 aliphatic rings. The van der Waals surface area contributed by atoms with Crippen LogP contribution in [-0.4, -0.2) is 27.5 Å². The number of benzene rings is 1. The molecule has 0 radical (unpaired) electrons. The highest BCUT2D eigenvalue weighted by Crippen LogP contribution is 2.44. The number of nitrogens with zero attached hydrogens (tertiary/aromatic N) is 2. The van der Waals surface area contributed by atoms with Crippen LogP contribution in [0.5, 0.6) is 0 Å². The smallest absolute Gasteiger partial charge is 0.313 e. The number of Topliss-reactive ketones (excluding diaryl/α,β-unsaturated/α-hetero) is 1. The van der Waals surface area contributed by atoms with Crippen LogP contribution in [0.3, 0.4) is 0 Å². The van der Waals surface area contributed by atoms with E-state index < -0.39 is 5.60 Å². The molecule has 4 rings (SSSR count). The van der Waals surface area contributed by atoms with E-state index in [1.807, 2.05) is 0 Å². The minimum atomic E-state index is -0.622. The van der Waals surface area contributed by atoms with Crippen LogP contribution in [0.1, 0.15) is 81.6 Å². The maximum Gasteiger partial charge on any atom is 0.313 e. The molecule has 2 aromatic rings. The Bertz CT molecular complexity index is 907. The normalized spacial score (nSPS) is 23.0. The number of hydrogen-bond acceptors (Lipinski definition) is 6. The molecule has 2 fully saturated rings. The van der Waals surface area contributed by atoms with Crippen LogP contribution in [0.15, 0.2) is 28.8 Å². The van der Waals surface area contributed by atoms with Crippen molar-refractivity contribution in [3.05, 3.63) is 47.1 Å². The fourth-order valence-corrected chi connectivity index (χ4v) is 5.01. The Morgan fingerprint density at radius 1 is 1.13 bits per heavy atom. The molecule has 1 aliphatic heterocycles. The monoisotopic (exact) mass is 410 g/mol. The van der Waals surface area contributed by atoms with Gasteiger partial charge in [-0.25, -0.2) is 0 Å². The fraction of sp³-hybridized carbons (Fsp3) is 0.583. The van der Waals surface area contributed by atoms with Crippen LogP contribution in [-0.2, 0) is 26.2 Å². The molecular weight excluding hydrogens is 380 g/mol. The minimum absolute atomic E-state index is 0.0191. The predicted octanol–water partition coefficient (Wildman–Crippen LogP) is 4.47. The van der Waals surface area contributed by atoms with Crippen molar-refractivity contribution < 1.29 is 18.8 Å². The zero-order chi connectivity index (χ0) is 21.4. The molecule has 1 saturated heterocycles. The summed E-state index contributed by atoms with van der Waals surface area (Å²) >= 11 is 0. The van der Waals surface area contributed by atoms with E-state index in [2.05, 4.69) is 48.3 Å².